The Hall–Kier alpha value is -0.420. The fraction of sp³-hybridized carbons (Fsp3) is 0.917. The summed E-state index contributed by atoms with van der Waals surface area (Å²) in [6.07, 6.45) is 4.22. The third kappa shape index (κ3) is 10.1. The monoisotopic (exact) mass is 295 g/mol. The molecule has 0 aliphatic rings. The number of unbranched alkanes of at least 4 members (excludes halogenated alkanes) is 3. The summed E-state index contributed by atoms with van der Waals surface area (Å²) in [5.41, 5.74) is 0. The standard InChI is InChI=1S/C12H26NO5P/c1-4-12(14)13-10-8-6-7-9-11-18-19(15,16-3)17-5-2/h4-11H2,1-3H3,(H,13,14). The quantitative estimate of drug-likeness (QED) is 0.442. The minimum absolute atomic E-state index is 0.0843. The summed E-state index contributed by atoms with van der Waals surface area (Å²) in [6, 6.07) is 0. The van der Waals surface area contributed by atoms with Crippen molar-refractivity contribution in [1.82, 2.24) is 5.32 Å². The molecule has 0 aliphatic heterocycles. The second-order valence-corrected chi connectivity index (χ2v) is 5.77. The molecule has 0 aliphatic carbocycles. The van der Waals surface area contributed by atoms with Gasteiger partial charge < -0.3 is 5.32 Å². The lowest BCUT2D eigenvalue weighted by atomic mass is 10.2. The number of nitrogens with one attached hydrogen (secondary N) is 1. The summed E-state index contributed by atoms with van der Waals surface area (Å²) in [7, 11) is -2.02. The summed E-state index contributed by atoms with van der Waals surface area (Å²) < 4.78 is 26.5. The van der Waals surface area contributed by atoms with Gasteiger partial charge in [-0.2, -0.15) is 0 Å². The predicted molar refractivity (Wildman–Crippen MR) is 74.0 cm³/mol. The van der Waals surface area contributed by atoms with Gasteiger partial charge in [0, 0.05) is 20.1 Å². The van der Waals surface area contributed by atoms with Crippen molar-refractivity contribution in [2.45, 2.75) is 46.0 Å². The lowest BCUT2D eigenvalue weighted by Crippen LogP contribution is -2.23. The molecule has 0 aromatic heterocycles. The van der Waals surface area contributed by atoms with Crippen LogP contribution in [-0.2, 0) is 22.9 Å². The number of phosphoric acid groups is 1. The Bertz CT molecular complexity index is 285. The molecule has 1 atom stereocenters. The van der Waals surface area contributed by atoms with Crippen molar-refractivity contribution < 1.29 is 22.9 Å². The Kier molecular flexibility index (Phi) is 11.2. The molecule has 0 spiro atoms. The van der Waals surface area contributed by atoms with E-state index in [-0.39, 0.29) is 5.91 Å². The molecule has 1 N–H and O–H groups in total. The van der Waals surface area contributed by atoms with Crippen LogP contribution in [0.5, 0.6) is 0 Å². The molecule has 7 heteroatoms. The molecule has 114 valence electrons. The van der Waals surface area contributed by atoms with Crippen molar-refractivity contribution in [2.24, 2.45) is 0 Å². The van der Waals surface area contributed by atoms with E-state index in [2.05, 4.69) is 5.32 Å². The van der Waals surface area contributed by atoms with Gasteiger partial charge in [-0.3, -0.25) is 18.4 Å². The first kappa shape index (κ1) is 18.6. The summed E-state index contributed by atoms with van der Waals surface area (Å²) in [4.78, 5) is 11.0. The molecule has 0 saturated heterocycles. The Morgan fingerprint density at radius 1 is 1.11 bits per heavy atom. The average molecular weight is 295 g/mol. The smallest absolute Gasteiger partial charge is 0.356 e. The van der Waals surface area contributed by atoms with Gasteiger partial charge in [0.05, 0.1) is 13.2 Å². The van der Waals surface area contributed by atoms with Gasteiger partial charge in [-0.1, -0.05) is 19.8 Å². The second kappa shape index (κ2) is 11.4. The van der Waals surface area contributed by atoms with E-state index in [1.165, 1.54) is 7.11 Å². The van der Waals surface area contributed by atoms with Crippen molar-refractivity contribution in [3.63, 3.8) is 0 Å². The highest BCUT2D eigenvalue weighted by Gasteiger charge is 2.23. The Labute approximate surface area is 115 Å². The largest absolute Gasteiger partial charge is 0.474 e. The highest BCUT2D eigenvalue weighted by atomic mass is 31.2. The zero-order chi connectivity index (χ0) is 14.6. The molecule has 0 radical (unpaired) electrons. The first-order valence-electron chi connectivity index (χ1n) is 6.79. The number of carbonyl (C=O) groups excluding carboxylic acids is 1. The van der Waals surface area contributed by atoms with Crippen LogP contribution in [0.4, 0.5) is 0 Å². The fourth-order valence-electron chi connectivity index (χ4n) is 1.41. The van der Waals surface area contributed by atoms with E-state index in [0.29, 0.717) is 26.2 Å². The molecule has 0 bridgehead atoms. The molecule has 0 aromatic rings. The minimum Gasteiger partial charge on any atom is -0.356 e. The SMILES string of the molecule is CCOP(=O)(OC)OCCCCCCNC(=O)CC. The van der Waals surface area contributed by atoms with Gasteiger partial charge >= 0.3 is 7.82 Å². The van der Waals surface area contributed by atoms with Crippen LogP contribution in [0.3, 0.4) is 0 Å². The van der Waals surface area contributed by atoms with Gasteiger partial charge in [-0.25, -0.2) is 4.57 Å². The molecule has 1 unspecified atom stereocenters. The van der Waals surface area contributed by atoms with Crippen LogP contribution in [0, 0.1) is 0 Å². The van der Waals surface area contributed by atoms with Crippen molar-refractivity contribution in [3.05, 3.63) is 0 Å². The van der Waals surface area contributed by atoms with Crippen LogP contribution in [0.1, 0.15) is 46.0 Å². The Morgan fingerprint density at radius 3 is 2.37 bits per heavy atom. The minimum atomic E-state index is -3.34. The highest BCUT2D eigenvalue weighted by molar-refractivity contribution is 7.48. The molecule has 0 rings (SSSR count). The maximum atomic E-state index is 11.7. The summed E-state index contributed by atoms with van der Waals surface area (Å²) >= 11 is 0. The van der Waals surface area contributed by atoms with E-state index >= 15 is 0 Å². The maximum Gasteiger partial charge on any atom is 0.474 e. The van der Waals surface area contributed by atoms with Crippen LogP contribution in [0.25, 0.3) is 0 Å². The van der Waals surface area contributed by atoms with Crippen LogP contribution < -0.4 is 5.32 Å². The van der Waals surface area contributed by atoms with Crippen LogP contribution in [0.15, 0.2) is 0 Å². The van der Waals surface area contributed by atoms with Crippen LogP contribution >= 0.6 is 7.82 Å². The number of phosphoric ester groups is 1. The van der Waals surface area contributed by atoms with Gasteiger partial charge in [-0.15, -0.1) is 0 Å². The Morgan fingerprint density at radius 2 is 1.79 bits per heavy atom. The van der Waals surface area contributed by atoms with Gasteiger partial charge in [0.25, 0.3) is 0 Å². The summed E-state index contributed by atoms with van der Waals surface area (Å²) in [5, 5.41) is 2.82. The van der Waals surface area contributed by atoms with E-state index in [1.807, 2.05) is 6.92 Å². The summed E-state index contributed by atoms with van der Waals surface area (Å²) in [6.45, 7) is 4.93. The molecule has 0 saturated carbocycles. The van der Waals surface area contributed by atoms with Crippen molar-refractivity contribution in [1.29, 1.82) is 0 Å². The predicted octanol–water partition coefficient (Wildman–Crippen LogP) is 2.88. The van der Waals surface area contributed by atoms with Crippen LogP contribution in [0.2, 0.25) is 0 Å². The van der Waals surface area contributed by atoms with Crippen molar-refractivity contribution >= 4 is 13.7 Å². The zero-order valence-electron chi connectivity index (χ0n) is 12.1. The first-order chi connectivity index (χ1) is 9.08. The highest BCUT2D eigenvalue weighted by Crippen LogP contribution is 2.48. The molecule has 0 fully saturated rings. The van der Waals surface area contributed by atoms with Gasteiger partial charge in [-0.05, 0) is 19.8 Å². The van der Waals surface area contributed by atoms with E-state index in [9.17, 15) is 9.36 Å². The van der Waals surface area contributed by atoms with Crippen molar-refractivity contribution in [3.8, 4) is 0 Å². The fourth-order valence-corrected chi connectivity index (χ4v) is 2.36. The second-order valence-electron chi connectivity index (χ2n) is 4.00. The third-order valence-electron chi connectivity index (χ3n) is 2.47. The third-order valence-corrected chi connectivity index (χ3v) is 4.00. The van der Waals surface area contributed by atoms with E-state index in [1.54, 1.807) is 6.92 Å². The number of amides is 1. The normalized spacial score (nSPS) is 14.1. The van der Waals surface area contributed by atoms with E-state index in [0.717, 1.165) is 25.7 Å². The summed E-state index contributed by atoms with van der Waals surface area (Å²) in [5.74, 6) is 0.0843. The van der Waals surface area contributed by atoms with E-state index in [4.69, 9.17) is 13.6 Å². The topological polar surface area (TPSA) is 73.9 Å². The number of hydrogen-bond acceptors (Lipinski definition) is 5. The molecule has 6 nitrogen and oxygen atoms in total. The molecule has 0 heterocycles. The number of carbonyl (C=O) groups is 1. The van der Waals surface area contributed by atoms with Gasteiger partial charge in [0.15, 0.2) is 0 Å². The lowest BCUT2D eigenvalue weighted by molar-refractivity contribution is -0.120. The molecule has 0 aromatic carbocycles. The van der Waals surface area contributed by atoms with Crippen LogP contribution in [-0.4, -0.2) is 32.8 Å². The van der Waals surface area contributed by atoms with E-state index < -0.39 is 7.82 Å². The average Bonchev–Trinajstić information content (AvgIpc) is 2.41. The number of hydrogen-bond donors (Lipinski definition) is 1. The van der Waals surface area contributed by atoms with Gasteiger partial charge in [0.2, 0.25) is 5.91 Å². The maximum absolute atomic E-state index is 11.7. The molecular formula is C12H26NO5P. The van der Waals surface area contributed by atoms with Crippen molar-refractivity contribution in [2.75, 3.05) is 26.9 Å². The Balaban J connectivity index is 3.44. The molecular weight excluding hydrogens is 269 g/mol. The molecule has 19 heavy (non-hydrogen) atoms. The first-order valence-corrected chi connectivity index (χ1v) is 8.25. The molecule has 1 amide bonds. The van der Waals surface area contributed by atoms with Gasteiger partial charge in [0.1, 0.15) is 0 Å². The zero-order valence-corrected chi connectivity index (χ0v) is 13.0. The lowest BCUT2D eigenvalue weighted by Gasteiger charge is -2.14. The number of rotatable bonds is 12.